The SMILES string of the molecule is CCN(Cc1ccccn1)c1ccc(N)c(C#N)n1. The van der Waals surface area contributed by atoms with Crippen LogP contribution in [0.15, 0.2) is 36.5 Å². The van der Waals surface area contributed by atoms with Crippen LogP contribution in [0.3, 0.4) is 0 Å². The minimum absolute atomic E-state index is 0.261. The molecule has 0 amide bonds. The van der Waals surface area contributed by atoms with Crippen molar-refractivity contribution in [3.63, 3.8) is 0 Å². The number of aromatic nitrogens is 2. The number of pyridine rings is 2. The van der Waals surface area contributed by atoms with Gasteiger partial charge >= 0.3 is 0 Å². The molecule has 0 fully saturated rings. The van der Waals surface area contributed by atoms with Crippen LogP contribution in [0.25, 0.3) is 0 Å². The molecule has 0 bridgehead atoms. The van der Waals surface area contributed by atoms with E-state index >= 15 is 0 Å². The van der Waals surface area contributed by atoms with Crippen LogP contribution in [0.4, 0.5) is 11.5 Å². The summed E-state index contributed by atoms with van der Waals surface area (Å²) in [7, 11) is 0. The van der Waals surface area contributed by atoms with Gasteiger partial charge in [0.05, 0.1) is 17.9 Å². The number of nitrogens with two attached hydrogens (primary N) is 1. The van der Waals surface area contributed by atoms with Crippen LogP contribution in [-0.2, 0) is 6.54 Å². The third-order valence-electron chi connectivity index (χ3n) is 2.80. The predicted molar refractivity (Wildman–Crippen MR) is 74.3 cm³/mol. The highest BCUT2D eigenvalue weighted by molar-refractivity contribution is 5.55. The highest BCUT2D eigenvalue weighted by atomic mass is 15.2. The van der Waals surface area contributed by atoms with Crippen molar-refractivity contribution in [1.29, 1.82) is 5.26 Å². The molecule has 0 spiro atoms. The van der Waals surface area contributed by atoms with Crippen molar-refractivity contribution in [3.8, 4) is 6.07 Å². The lowest BCUT2D eigenvalue weighted by Crippen LogP contribution is -2.24. The quantitative estimate of drug-likeness (QED) is 0.901. The fourth-order valence-corrected chi connectivity index (χ4v) is 1.77. The first-order valence-corrected chi connectivity index (χ1v) is 6.06. The first-order chi connectivity index (χ1) is 9.24. The van der Waals surface area contributed by atoms with Gasteiger partial charge in [-0.3, -0.25) is 4.98 Å². The number of hydrogen-bond donors (Lipinski definition) is 1. The maximum absolute atomic E-state index is 8.96. The number of rotatable bonds is 4. The summed E-state index contributed by atoms with van der Waals surface area (Å²) in [5.74, 6) is 0.735. The second kappa shape index (κ2) is 5.83. The first kappa shape index (κ1) is 12.8. The number of hydrogen-bond acceptors (Lipinski definition) is 5. The van der Waals surface area contributed by atoms with Crippen molar-refractivity contribution < 1.29 is 0 Å². The van der Waals surface area contributed by atoms with Gasteiger partial charge in [0.2, 0.25) is 0 Å². The summed E-state index contributed by atoms with van der Waals surface area (Å²) < 4.78 is 0. The zero-order valence-corrected chi connectivity index (χ0v) is 10.7. The molecule has 2 rings (SSSR count). The molecule has 96 valence electrons. The van der Waals surface area contributed by atoms with Crippen molar-refractivity contribution in [1.82, 2.24) is 9.97 Å². The van der Waals surface area contributed by atoms with Crippen molar-refractivity contribution in [2.45, 2.75) is 13.5 Å². The van der Waals surface area contributed by atoms with Gasteiger partial charge in [-0.15, -0.1) is 0 Å². The van der Waals surface area contributed by atoms with E-state index in [1.54, 1.807) is 12.3 Å². The normalized spacial score (nSPS) is 9.89. The van der Waals surface area contributed by atoms with E-state index in [0.717, 1.165) is 18.1 Å². The zero-order valence-electron chi connectivity index (χ0n) is 10.7. The highest BCUT2D eigenvalue weighted by Crippen LogP contribution is 2.17. The average molecular weight is 253 g/mol. The van der Waals surface area contributed by atoms with Crippen molar-refractivity contribution in [2.75, 3.05) is 17.2 Å². The van der Waals surface area contributed by atoms with Crippen LogP contribution in [0.5, 0.6) is 0 Å². The lowest BCUT2D eigenvalue weighted by Gasteiger charge is -2.21. The van der Waals surface area contributed by atoms with Crippen molar-refractivity contribution >= 4 is 11.5 Å². The van der Waals surface area contributed by atoms with Gasteiger partial charge in [0.25, 0.3) is 0 Å². The smallest absolute Gasteiger partial charge is 0.165 e. The van der Waals surface area contributed by atoms with Gasteiger partial charge in [-0.1, -0.05) is 6.07 Å². The topological polar surface area (TPSA) is 78.8 Å². The summed E-state index contributed by atoms with van der Waals surface area (Å²) in [6.07, 6.45) is 1.76. The molecule has 0 aromatic carbocycles. The fraction of sp³-hybridized carbons (Fsp3) is 0.214. The second-order valence-corrected chi connectivity index (χ2v) is 4.05. The summed E-state index contributed by atoms with van der Waals surface area (Å²) in [4.78, 5) is 10.6. The van der Waals surface area contributed by atoms with Crippen molar-refractivity contribution in [3.05, 3.63) is 47.9 Å². The molecular formula is C14H15N5. The standard InChI is InChI=1S/C14H15N5/c1-2-19(10-11-5-3-4-8-17-11)14-7-6-12(16)13(9-15)18-14/h3-8H,2,10,16H2,1H3. The molecular weight excluding hydrogens is 238 g/mol. The maximum Gasteiger partial charge on any atom is 0.165 e. The fourth-order valence-electron chi connectivity index (χ4n) is 1.77. The second-order valence-electron chi connectivity index (χ2n) is 4.05. The molecule has 0 saturated heterocycles. The molecule has 0 aliphatic heterocycles. The van der Waals surface area contributed by atoms with Gasteiger partial charge in [0, 0.05) is 12.7 Å². The molecule has 0 saturated carbocycles. The first-order valence-electron chi connectivity index (χ1n) is 6.06. The van der Waals surface area contributed by atoms with Gasteiger partial charge in [-0.05, 0) is 31.2 Å². The largest absolute Gasteiger partial charge is 0.396 e. The zero-order chi connectivity index (χ0) is 13.7. The Morgan fingerprint density at radius 2 is 2.16 bits per heavy atom. The van der Waals surface area contributed by atoms with Gasteiger partial charge in [0.1, 0.15) is 11.9 Å². The van der Waals surface area contributed by atoms with E-state index in [-0.39, 0.29) is 5.69 Å². The maximum atomic E-state index is 8.96. The Morgan fingerprint density at radius 3 is 2.79 bits per heavy atom. The van der Waals surface area contributed by atoms with E-state index < -0.39 is 0 Å². The summed E-state index contributed by atoms with van der Waals surface area (Å²) >= 11 is 0. The molecule has 2 N–H and O–H groups in total. The Kier molecular flexibility index (Phi) is 3.94. The minimum atomic E-state index is 0.261. The molecule has 19 heavy (non-hydrogen) atoms. The summed E-state index contributed by atoms with van der Waals surface area (Å²) in [6, 6.07) is 11.3. The van der Waals surface area contributed by atoms with E-state index in [4.69, 9.17) is 11.0 Å². The Labute approximate surface area is 112 Å². The predicted octanol–water partition coefficient (Wildman–Crippen LogP) is 1.96. The molecule has 0 radical (unpaired) electrons. The van der Waals surface area contributed by atoms with E-state index in [9.17, 15) is 0 Å². The van der Waals surface area contributed by atoms with Crippen LogP contribution in [0, 0.1) is 11.3 Å². The van der Waals surface area contributed by atoms with Gasteiger partial charge in [-0.2, -0.15) is 5.26 Å². The molecule has 2 aromatic rings. The third-order valence-corrected chi connectivity index (χ3v) is 2.80. The van der Waals surface area contributed by atoms with Crippen LogP contribution in [0.1, 0.15) is 18.3 Å². The Bertz CT molecular complexity index is 589. The molecule has 2 heterocycles. The summed E-state index contributed by atoms with van der Waals surface area (Å²) in [5.41, 5.74) is 7.30. The van der Waals surface area contributed by atoms with E-state index in [0.29, 0.717) is 12.2 Å². The Morgan fingerprint density at radius 1 is 1.32 bits per heavy atom. The molecule has 0 unspecified atom stereocenters. The van der Waals surface area contributed by atoms with Crippen LogP contribution in [0.2, 0.25) is 0 Å². The van der Waals surface area contributed by atoms with Gasteiger partial charge in [0.15, 0.2) is 5.69 Å². The summed E-state index contributed by atoms with van der Waals surface area (Å²) in [5, 5.41) is 8.96. The Hall–Kier alpha value is -2.61. The molecule has 0 aliphatic rings. The van der Waals surface area contributed by atoms with Gasteiger partial charge < -0.3 is 10.6 Å². The number of nitrogen functional groups attached to an aromatic ring is 1. The van der Waals surface area contributed by atoms with E-state index in [1.165, 1.54) is 0 Å². The molecule has 5 heteroatoms. The lowest BCUT2D eigenvalue weighted by atomic mass is 10.3. The molecule has 2 aromatic heterocycles. The Balaban J connectivity index is 2.25. The van der Waals surface area contributed by atoms with E-state index in [1.807, 2.05) is 42.2 Å². The lowest BCUT2D eigenvalue weighted by molar-refractivity contribution is 0.793. The third kappa shape index (κ3) is 2.99. The number of anilines is 2. The molecule has 5 nitrogen and oxygen atoms in total. The van der Waals surface area contributed by atoms with Crippen molar-refractivity contribution in [2.24, 2.45) is 0 Å². The van der Waals surface area contributed by atoms with Crippen LogP contribution >= 0.6 is 0 Å². The molecule has 0 aliphatic carbocycles. The van der Waals surface area contributed by atoms with Crippen LogP contribution in [-0.4, -0.2) is 16.5 Å². The highest BCUT2D eigenvalue weighted by Gasteiger charge is 2.09. The molecule has 0 atom stereocenters. The summed E-state index contributed by atoms with van der Waals surface area (Å²) in [6.45, 7) is 3.46. The van der Waals surface area contributed by atoms with Crippen LogP contribution < -0.4 is 10.6 Å². The monoisotopic (exact) mass is 253 g/mol. The van der Waals surface area contributed by atoms with E-state index in [2.05, 4.69) is 9.97 Å². The average Bonchev–Trinajstić information content (AvgIpc) is 2.46. The minimum Gasteiger partial charge on any atom is -0.396 e. The number of nitrogens with zero attached hydrogens (tertiary/aromatic N) is 4. The van der Waals surface area contributed by atoms with Gasteiger partial charge in [-0.25, -0.2) is 4.98 Å². The number of nitriles is 1.